The monoisotopic (exact) mass is 344 g/mol. The molecule has 25 heavy (non-hydrogen) atoms. The molecule has 1 aliphatic carbocycles. The lowest BCUT2D eigenvalue weighted by Gasteiger charge is -2.31. The highest BCUT2D eigenvalue weighted by molar-refractivity contribution is 5.98. The van der Waals surface area contributed by atoms with Crippen LogP contribution < -0.4 is 9.47 Å². The molecule has 6 nitrogen and oxygen atoms in total. The molecule has 0 unspecified atom stereocenters. The Labute approximate surface area is 147 Å². The van der Waals surface area contributed by atoms with Gasteiger partial charge in [0.15, 0.2) is 11.5 Å². The van der Waals surface area contributed by atoms with Crippen molar-refractivity contribution in [3.63, 3.8) is 0 Å². The maximum atomic E-state index is 13.1. The van der Waals surface area contributed by atoms with Crippen molar-refractivity contribution in [1.29, 1.82) is 0 Å². The predicted molar refractivity (Wildman–Crippen MR) is 91.8 cm³/mol. The van der Waals surface area contributed by atoms with E-state index in [9.17, 15) is 9.59 Å². The highest BCUT2D eigenvalue weighted by Crippen LogP contribution is 2.41. The third kappa shape index (κ3) is 2.83. The summed E-state index contributed by atoms with van der Waals surface area (Å²) in [6, 6.07) is 5.63. The first kappa shape index (κ1) is 16.2. The van der Waals surface area contributed by atoms with Gasteiger partial charge in [-0.1, -0.05) is 6.07 Å². The van der Waals surface area contributed by atoms with Crippen LogP contribution >= 0.6 is 0 Å². The van der Waals surface area contributed by atoms with Gasteiger partial charge in [-0.3, -0.25) is 9.59 Å². The van der Waals surface area contributed by atoms with Gasteiger partial charge in [0.2, 0.25) is 5.91 Å². The van der Waals surface area contributed by atoms with Crippen molar-refractivity contribution in [2.24, 2.45) is 11.8 Å². The summed E-state index contributed by atoms with van der Waals surface area (Å²) in [5, 5.41) is 0. The van der Waals surface area contributed by atoms with E-state index in [0.29, 0.717) is 48.5 Å². The van der Waals surface area contributed by atoms with Crippen molar-refractivity contribution in [3.05, 3.63) is 23.8 Å². The fourth-order valence-corrected chi connectivity index (χ4v) is 4.40. The van der Waals surface area contributed by atoms with Crippen LogP contribution in [0.15, 0.2) is 18.2 Å². The van der Waals surface area contributed by atoms with Crippen LogP contribution in [0, 0.1) is 11.8 Å². The molecule has 0 spiro atoms. The molecule has 0 bridgehead atoms. The van der Waals surface area contributed by atoms with Crippen molar-refractivity contribution in [2.75, 3.05) is 33.9 Å². The molecular formula is C19H24N2O4. The van der Waals surface area contributed by atoms with E-state index in [0.717, 1.165) is 19.4 Å². The van der Waals surface area contributed by atoms with Crippen LogP contribution in [-0.4, -0.2) is 61.5 Å². The Morgan fingerprint density at radius 2 is 1.96 bits per heavy atom. The summed E-state index contributed by atoms with van der Waals surface area (Å²) in [6.07, 6.45) is 2.47. The lowest BCUT2D eigenvalue weighted by atomic mass is 9.88. The molecule has 0 aromatic heterocycles. The summed E-state index contributed by atoms with van der Waals surface area (Å²) in [7, 11) is 3.73. The van der Waals surface area contributed by atoms with Crippen LogP contribution in [0.25, 0.3) is 0 Å². The Morgan fingerprint density at radius 1 is 1.20 bits per heavy atom. The van der Waals surface area contributed by atoms with E-state index < -0.39 is 0 Å². The Balaban J connectivity index is 1.51. The highest BCUT2D eigenvalue weighted by Gasteiger charge is 2.42. The van der Waals surface area contributed by atoms with Crippen LogP contribution in [0.2, 0.25) is 0 Å². The first-order valence-corrected chi connectivity index (χ1v) is 8.94. The number of hydrogen-bond acceptors (Lipinski definition) is 4. The summed E-state index contributed by atoms with van der Waals surface area (Å²) in [6.45, 7) is 1.77. The zero-order valence-electron chi connectivity index (χ0n) is 14.7. The fourth-order valence-electron chi connectivity index (χ4n) is 4.40. The number of amides is 2. The van der Waals surface area contributed by atoms with Crippen molar-refractivity contribution in [2.45, 2.75) is 25.3 Å². The molecule has 1 aromatic rings. The quantitative estimate of drug-likeness (QED) is 0.821. The Hall–Kier alpha value is -2.24. The summed E-state index contributed by atoms with van der Waals surface area (Å²) < 4.78 is 11.3. The Bertz CT molecular complexity index is 705. The predicted octanol–water partition coefficient (Wildman–Crippen LogP) is 1.79. The zero-order valence-corrected chi connectivity index (χ0v) is 14.7. The molecule has 2 fully saturated rings. The van der Waals surface area contributed by atoms with Gasteiger partial charge >= 0.3 is 0 Å². The minimum Gasteiger partial charge on any atom is -0.486 e. The van der Waals surface area contributed by atoms with E-state index in [1.165, 1.54) is 0 Å². The second-order valence-electron chi connectivity index (χ2n) is 7.37. The van der Waals surface area contributed by atoms with E-state index in [4.69, 9.17) is 9.47 Å². The molecule has 2 aliphatic heterocycles. The molecule has 134 valence electrons. The molecule has 3 atom stereocenters. The number of likely N-dealkylation sites (tertiary alicyclic amines) is 1. The van der Waals surface area contributed by atoms with E-state index in [1.807, 2.05) is 36.0 Å². The standard InChI is InChI=1S/C19H24N2O4/c1-20-11-13-9-14(8-12(13)10-17(20)22)21(2)19(23)15-4-3-5-16-18(15)25-7-6-24-16/h3-5,12-14H,6-11H2,1-2H3/t12-,13+,14-/m1/s1. The van der Waals surface area contributed by atoms with Gasteiger partial charge in [-0.15, -0.1) is 0 Å². The van der Waals surface area contributed by atoms with Gasteiger partial charge in [-0.2, -0.15) is 0 Å². The van der Waals surface area contributed by atoms with Crippen LogP contribution in [-0.2, 0) is 4.79 Å². The molecule has 3 aliphatic rings. The molecule has 2 heterocycles. The topological polar surface area (TPSA) is 59.1 Å². The van der Waals surface area contributed by atoms with E-state index in [1.54, 1.807) is 6.07 Å². The Morgan fingerprint density at radius 3 is 2.80 bits per heavy atom. The highest BCUT2D eigenvalue weighted by atomic mass is 16.6. The summed E-state index contributed by atoms with van der Waals surface area (Å²) >= 11 is 0. The number of carbonyl (C=O) groups is 2. The number of para-hydroxylation sites is 1. The maximum absolute atomic E-state index is 13.1. The number of piperidine rings is 1. The summed E-state index contributed by atoms with van der Waals surface area (Å²) in [4.78, 5) is 28.6. The van der Waals surface area contributed by atoms with Gasteiger partial charge in [0.1, 0.15) is 13.2 Å². The first-order valence-electron chi connectivity index (χ1n) is 8.94. The van der Waals surface area contributed by atoms with Crippen molar-refractivity contribution in [3.8, 4) is 11.5 Å². The number of carbonyl (C=O) groups excluding carboxylic acids is 2. The van der Waals surface area contributed by atoms with Gasteiger partial charge in [0, 0.05) is 33.1 Å². The Kier molecular flexibility index (Phi) is 4.06. The molecule has 2 amide bonds. The molecule has 6 heteroatoms. The van der Waals surface area contributed by atoms with Crippen LogP contribution in [0.1, 0.15) is 29.6 Å². The molecule has 0 radical (unpaired) electrons. The van der Waals surface area contributed by atoms with Crippen molar-refractivity contribution < 1.29 is 19.1 Å². The van der Waals surface area contributed by atoms with E-state index in [-0.39, 0.29) is 17.9 Å². The number of ether oxygens (including phenoxy) is 2. The van der Waals surface area contributed by atoms with Gasteiger partial charge in [-0.25, -0.2) is 0 Å². The number of nitrogens with zero attached hydrogens (tertiary/aromatic N) is 2. The SMILES string of the molecule is CN1C[C@@H]2C[C@H](N(C)C(=O)c3cccc4c3OCCO4)C[C@@H]2CC1=O. The maximum Gasteiger partial charge on any atom is 0.257 e. The van der Waals surface area contributed by atoms with Crippen molar-refractivity contribution >= 4 is 11.8 Å². The smallest absolute Gasteiger partial charge is 0.257 e. The van der Waals surface area contributed by atoms with Gasteiger partial charge in [0.05, 0.1) is 5.56 Å². The molecule has 1 saturated heterocycles. The van der Waals surface area contributed by atoms with Crippen LogP contribution in [0.3, 0.4) is 0 Å². The average molecular weight is 344 g/mol. The van der Waals surface area contributed by atoms with Gasteiger partial charge < -0.3 is 19.3 Å². The molecule has 1 saturated carbocycles. The normalized spacial score (nSPS) is 27.8. The number of fused-ring (bicyclic) bond motifs is 2. The van der Waals surface area contributed by atoms with Gasteiger partial charge in [0.25, 0.3) is 5.91 Å². The van der Waals surface area contributed by atoms with Crippen molar-refractivity contribution in [1.82, 2.24) is 9.80 Å². The number of hydrogen-bond donors (Lipinski definition) is 0. The summed E-state index contributed by atoms with van der Waals surface area (Å²) in [5.74, 6) is 2.26. The molecule has 4 rings (SSSR count). The third-order valence-corrected chi connectivity index (χ3v) is 5.85. The second kappa shape index (κ2) is 6.24. The first-order chi connectivity index (χ1) is 12.0. The third-order valence-electron chi connectivity index (χ3n) is 5.85. The molecule has 0 N–H and O–H groups in total. The second-order valence-corrected chi connectivity index (χ2v) is 7.37. The summed E-state index contributed by atoms with van der Waals surface area (Å²) in [5.41, 5.74) is 0.558. The van der Waals surface area contributed by atoms with E-state index in [2.05, 4.69) is 0 Å². The fraction of sp³-hybridized carbons (Fsp3) is 0.579. The number of rotatable bonds is 2. The number of benzene rings is 1. The van der Waals surface area contributed by atoms with Crippen LogP contribution in [0.4, 0.5) is 0 Å². The molecule has 1 aromatic carbocycles. The molecular weight excluding hydrogens is 320 g/mol. The average Bonchev–Trinajstić information content (AvgIpc) is 3.03. The minimum atomic E-state index is -0.0364. The minimum absolute atomic E-state index is 0.0364. The van der Waals surface area contributed by atoms with Gasteiger partial charge in [-0.05, 0) is 36.8 Å². The van der Waals surface area contributed by atoms with Crippen LogP contribution in [0.5, 0.6) is 11.5 Å². The largest absolute Gasteiger partial charge is 0.486 e. The van der Waals surface area contributed by atoms with E-state index >= 15 is 0 Å². The zero-order chi connectivity index (χ0) is 17.6. The lowest BCUT2D eigenvalue weighted by molar-refractivity contribution is -0.134. The lowest BCUT2D eigenvalue weighted by Crippen LogP contribution is -2.40.